The van der Waals surface area contributed by atoms with E-state index in [1.54, 1.807) is 12.1 Å². The fourth-order valence-electron chi connectivity index (χ4n) is 2.82. The molecule has 3 rings (SSSR count). The molecule has 0 saturated carbocycles. The Kier molecular flexibility index (Phi) is 2.66. The standard InChI is InChI=1S/C15H13F2NO/c16-9-5-6-12(13(17)7-9)15(19)8-14(18)10-3-1-2-4-11(10)15/h1-7,14,19H,8,18H2. The van der Waals surface area contributed by atoms with Crippen molar-refractivity contribution in [2.45, 2.75) is 18.1 Å². The van der Waals surface area contributed by atoms with Crippen LogP contribution in [0.15, 0.2) is 42.5 Å². The minimum absolute atomic E-state index is 0.0642. The lowest BCUT2D eigenvalue weighted by Crippen LogP contribution is -2.26. The molecule has 2 unspecified atom stereocenters. The van der Waals surface area contributed by atoms with E-state index >= 15 is 0 Å². The summed E-state index contributed by atoms with van der Waals surface area (Å²) < 4.78 is 26.9. The maximum Gasteiger partial charge on any atom is 0.132 e. The highest BCUT2D eigenvalue weighted by molar-refractivity contribution is 5.47. The predicted molar refractivity (Wildman–Crippen MR) is 67.3 cm³/mol. The first-order valence-corrected chi connectivity index (χ1v) is 6.05. The number of fused-ring (bicyclic) bond motifs is 1. The van der Waals surface area contributed by atoms with Crippen LogP contribution in [0.25, 0.3) is 0 Å². The molecule has 2 nitrogen and oxygen atoms in total. The molecule has 0 aliphatic heterocycles. The maximum absolute atomic E-state index is 13.9. The molecule has 4 heteroatoms. The van der Waals surface area contributed by atoms with Gasteiger partial charge in [-0.2, -0.15) is 0 Å². The van der Waals surface area contributed by atoms with Gasteiger partial charge in [0.2, 0.25) is 0 Å². The molecular formula is C15H13F2NO. The van der Waals surface area contributed by atoms with E-state index in [4.69, 9.17) is 5.73 Å². The van der Waals surface area contributed by atoms with Gasteiger partial charge in [-0.1, -0.05) is 24.3 Å². The average Bonchev–Trinajstić information content (AvgIpc) is 2.63. The Hall–Kier alpha value is -1.78. The zero-order chi connectivity index (χ0) is 13.6. The molecule has 0 bridgehead atoms. The van der Waals surface area contributed by atoms with E-state index in [0.29, 0.717) is 5.56 Å². The minimum atomic E-state index is -1.49. The largest absolute Gasteiger partial charge is 0.380 e. The molecule has 1 aliphatic carbocycles. The van der Waals surface area contributed by atoms with Gasteiger partial charge in [-0.3, -0.25) is 0 Å². The maximum atomic E-state index is 13.9. The van der Waals surface area contributed by atoms with Crippen molar-refractivity contribution in [3.63, 3.8) is 0 Å². The molecule has 0 aromatic heterocycles. The average molecular weight is 261 g/mol. The van der Waals surface area contributed by atoms with Gasteiger partial charge < -0.3 is 10.8 Å². The second kappa shape index (κ2) is 4.11. The highest BCUT2D eigenvalue weighted by Crippen LogP contribution is 2.46. The summed E-state index contributed by atoms with van der Waals surface area (Å²) in [6.07, 6.45) is 0.189. The third kappa shape index (κ3) is 1.76. The minimum Gasteiger partial charge on any atom is -0.380 e. The lowest BCUT2D eigenvalue weighted by Gasteiger charge is -2.25. The Morgan fingerprint density at radius 1 is 1.11 bits per heavy atom. The fraction of sp³-hybridized carbons (Fsp3) is 0.200. The molecule has 3 N–H and O–H groups in total. The Morgan fingerprint density at radius 2 is 1.84 bits per heavy atom. The van der Waals surface area contributed by atoms with E-state index in [1.807, 2.05) is 12.1 Å². The number of rotatable bonds is 1. The molecule has 19 heavy (non-hydrogen) atoms. The van der Waals surface area contributed by atoms with Gasteiger partial charge in [0.05, 0.1) is 0 Å². The summed E-state index contributed by atoms with van der Waals surface area (Å²) in [6, 6.07) is 9.98. The SMILES string of the molecule is NC1CC(O)(c2ccc(F)cc2F)c2ccccc21. The second-order valence-electron chi connectivity index (χ2n) is 4.88. The number of aliphatic hydroxyl groups is 1. The summed E-state index contributed by atoms with van der Waals surface area (Å²) in [5.74, 6) is -1.42. The Morgan fingerprint density at radius 3 is 2.58 bits per heavy atom. The second-order valence-corrected chi connectivity index (χ2v) is 4.88. The summed E-state index contributed by atoms with van der Waals surface area (Å²) in [5, 5.41) is 10.8. The van der Waals surface area contributed by atoms with Crippen LogP contribution in [0.5, 0.6) is 0 Å². The number of benzene rings is 2. The molecular weight excluding hydrogens is 248 g/mol. The van der Waals surface area contributed by atoms with Gasteiger partial charge in [-0.05, 0) is 23.3 Å². The molecule has 1 aliphatic rings. The van der Waals surface area contributed by atoms with Gasteiger partial charge in [0.25, 0.3) is 0 Å². The molecule has 2 aromatic carbocycles. The van der Waals surface area contributed by atoms with Gasteiger partial charge in [-0.25, -0.2) is 8.78 Å². The molecule has 0 saturated heterocycles. The van der Waals surface area contributed by atoms with Gasteiger partial charge >= 0.3 is 0 Å². The van der Waals surface area contributed by atoms with Crippen molar-refractivity contribution in [1.29, 1.82) is 0 Å². The third-order valence-electron chi connectivity index (χ3n) is 3.70. The molecule has 0 amide bonds. The normalized spacial score (nSPS) is 25.4. The van der Waals surface area contributed by atoms with Gasteiger partial charge in [-0.15, -0.1) is 0 Å². The van der Waals surface area contributed by atoms with E-state index in [1.165, 1.54) is 6.07 Å². The van der Waals surface area contributed by atoms with Crippen LogP contribution in [0.1, 0.15) is 29.2 Å². The number of nitrogens with two attached hydrogens (primary N) is 1. The molecule has 0 radical (unpaired) electrons. The summed E-state index contributed by atoms with van der Waals surface area (Å²) in [7, 11) is 0. The zero-order valence-corrected chi connectivity index (χ0v) is 10.1. The first-order valence-electron chi connectivity index (χ1n) is 6.05. The molecule has 2 atom stereocenters. The van der Waals surface area contributed by atoms with Crippen LogP contribution in [0, 0.1) is 11.6 Å². The monoisotopic (exact) mass is 261 g/mol. The van der Waals surface area contributed by atoms with E-state index in [-0.39, 0.29) is 18.0 Å². The van der Waals surface area contributed by atoms with Crippen LogP contribution in [0.3, 0.4) is 0 Å². The van der Waals surface area contributed by atoms with Crippen LogP contribution in [-0.4, -0.2) is 5.11 Å². The molecule has 98 valence electrons. The van der Waals surface area contributed by atoms with Crippen molar-refractivity contribution in [3.05, 3.63) is 70.8 Å². The van der Waals surface area contributed by atoms with Crippen LogP contribution in [0.2, 0.25) is 0 Å². The van der Waals surface area contributed by atoms with E-state index in [0.717, 1.165) is 17.7 Å². The summed E-state index contributed by atoms with van der Waals surface area (Å²) in [6.45, 7) is 0. The molecule has 2 aromatic rings. The number of halogens is 2. The Balaban J connectivity index is 2.20. The summed E-state index contributed by atoms with van der Waals surface area (Å²) in [5.41, 5.74) is 5.95. The highest BCUT2D eigenvalue weighted by Gasteiger charge is 2.43. The fourth-order valence-corrected chi connectivity index (χ4v) is 2.82. The van der Waals surface area contributed by atoms with Crippen molar-refractivity contribution in [2.24, 2.45) is 5.73 Å². The van der Waals surface area contributed by atoms with Gasteiger partial charge in [0, 0.05) is 24.1 Å². The smallest absolute Gasteiger partial charge is 0.132 e. The molecule has 0 spiro atoms. The van der Waals surface area contributed by atoms with Crippen molar-refractivity contribution in [3.8, 4) is 0 Å². The van der Waals surface area contributed by atoms with Crippen LogP contribution >= 0.6 is 0 Å². The lowest BCUT2D eigenvalue weighted by molar-refractivity contribution is 0.0736. The van der Waals surface area contributed by atoms with E-state index < -0.39 is 17.2 Å². The van der Waals surface area contributed by atoms with E-state index in [2.05, 4.69) is 0 Å². The highest BCUT2D eigenvalue weighted by atomic mass is 19.1. The topological polar surface area (TPSA) is 46.2 Å². The van der Waals surface area contributed by atoms with Crippen LogP contribution in [-0.2, 0) is 5.60 Å². The number of hydrogen-bond donors (Lipinski definition) is 2. The zero-order valence-electron chi connectivity index (χ0n) is 10.1. The first-order chi connectivity index (χ1) is 9.02. The third-order valence-corrected chi connectivity index (χ3v) is 3.70. The van der Waals surface area contributed by atoms with Crippen molar-refractivity contribution in [1.82, 2.24) is 0 Å². The summed E-state index contributed by atoms with van der Waals surface area (Å²) >= 11 is 0. The van der Waals surface area contributed by atoms with Crippen molar-refractivity contribution in [2.75, 3.05) is 0 Å². The quantitative estimate of drug-likeness (QED) is 0.829. The summed E-state index contributed by atoms with van der Waals surface area (Å²) in [4.78, 5) is 0. The number of hydrogen-bond acceptors (Lipinski definition) is 2. The van der Waals surface area contributed by atoms with Gasteiger partial charge in [0.1, 0.15) is 17.2 Å². The molecule has 0 fully saturated rings. The Labute approximate surface area is 109 Å². The predicted octanol–water partition coefficient (Wildman–Crippen LogP) is 2.60. The first kappa shape index (κ1) is 12.3. The van der Waals surface area contributed by atoms with Crippen molar-refractivity contribution >= 4 is 0 Å². The van der Waals surface area contributed by atoms with Gasteiger partial charge in [0.15, 0.2) is 0 Å². The molecule has 0 heterocycles. The Bertz CT molecular complexity index is 644. The lowest BCUT2D eigenvalue weighted by atomic mass is 9.87. The van der Waals surface area contributed by atoms with Crippen molar-refractivity contribution < 1.29 is 13.9 Å². The van der Waals surface area contributed by atoms with Crippen LogP contribution < -0.4 is 5.73 Å². The van der Waals surface area contributed by atoms with Crippen LogP contribution in [0.4, 0.5) is 8.78 Å². The van der Waals surface area contributed by atoms with E-state index in [9.17, 15) is 13.9 Å².